The van der Waals surface area contributed by atoms with Gasteiger partial charge in [-0.15, -0.1) is 0 Å². The quantitative estimate of drug-likeness (QED) is 0.818. The van der Waals surface area contributed by atoms with Crippen molar-refractivity contribution in [2.45, 2.75) is 25.8 Å². The van der Waals surface area contributed by atoms with Crippen LogP contribution in [0.5, 0.6) is 0 Å². The van der Waals surface area contributed by atoms with Crippen LogP contribution in [0, 0.1) is 11.6 Å². The van der Waals surface area contributed by atoms with Gasteiger partial charge in [0.05, 0.1) is 0 Å². The number of benzene rings is 1. The Bertz CT molecular complexity index is 525. The molecule has 0 aliphatic carbocycles. The number of amides is 1. The van der Waals surface area contributed by atoms with Crippen molar-refractivity contribution in [1.29, 1.82) is 0 Å². The van der Waals surface area contributed by atoms with Crippen LogP contribution in [0.2, 0.25) is 0 Å². The molecule has 114 valence electrons. The summed E-state index contributed by atoms with van der Waals surface area (Å²) in [6, 6.07) is 3.82. The number of rotatable bonds is 6. The van der Waals surface area contributed by atoms with Gasteiger partial charge in [0, 0.05) is 30.8 Å². The molecule has 1 N–H and O–H groups in total. The predicted octanol–water partition coefficient (Wildman–Crippen LogP) is 2.58. The number of hydrogen-bond donors (Lipinski definition) is 1. The Kier molecular flexibility index (Phi) is 5.44. The van der Waals surface area contributed by atoms with Crippen LogP contribution in [0.25, 0.3) is 6.08 Å². The van der Waals surface area contributed by atoms with Gasteiger partial charge in [-0.05, 0) is 38.4 Å². The van der Waals surface area contributed by atoms with E-state index in [4.69, 9.17) is 0 Å². The third-order valence-electron chi connectivity index (χ3n) is 3.58. The van der Waals surface area contributed by atoms with Crippen LogP contribution in [0.1, 0.15) is 25.3 Å². The first-order chi connectivity index (χ1) is 10.1. The van der Waals surface area contributed by atoms with E-state index >= 15 is 0 Å². The van der Waals surface area contributed by atoms with E-state index in [1.807, 2.05) is 6.92 Å². The maximum atomic E-state index is 13.6. The largest absolute Gasteiger partial charge is 0.340 e. The molecule has 0 saturated carbocycles. The molecule has 0 aromatic heterocycles. The number of nitrogens with zero attached hydrogens (tertiary/aromatic N) is 1. The first kappa shape index (κ1) is 15.6. The molecule has 0 radical (unpaired) electrons. The summed E-state index contributed by atoms with van der Waals surface area (Å²) in [5.74, 6) is -1.19. The van der Waals surface area contributed by atoms with Crippen molar-refractivity contribution in [3.05, 3.63) is 41.0 Å². The fraction of sp³-hybridized carbons (Fsp3) is 0.438. The van der Waals surface area contributed by atoms with E-state index < -0.39 is 11.6 Å². The van der Waals surface area contributed by atoms with E-state index in [9.17, 15) is 13.6 Å². The number of carbonyl (C=O) groups is 1. The normalized spacial score (nSPS) is 18.8. The van der Waals surface area contributed by atoms with E-state index in [1.165, 1.54) is 12.1 Å². The van der Waals surface area contributed by atoms with Gasteiger partial charge < -0.3 is 10.2 Å². The third kappa shape index (κ3) is 4.63. The molecule has 0 unspecified atom stereocenters. The van der Waals surface area contributed by atoms with Crippen molar-refractivity contribution >= 4 is 12.5 Å². The minimum atomic E-state index is -0.593. The van der Waals surface area contributed by atoms with E-state index in [0.29, 0.717) is 24.7 Å². The molecule has 1 aliphatic heterocycles. The van der Waals surface area contributed by atoms with E-state index in [0.717, 1.165) is 37.4 Å². The van der Waals surface area contributed by atoms with E-state index in [2.05, 4.69) is 5.32 Å². The van der Waals surface area contributed by atoms with Gasteiger partial charge in [0.2, 0.25) is 6.41 Å². The van der Waals surface area contributed by atoms with Crippen molar-refractivity contribution in [1.82, 2.24) is 10.2 Å². The monoisotopic (exact) mass is 294 g/mol. The number of carbonyl (C=O) groups excluding carboxylic acids is 1. The topological polar surface area (TPSA) is 32.3 Å². The minimum Gasteiger partial charge on any atom is -0.340 e. The highest BCUT2D eigenvalue weighted by Crippen LogP contribution is 2.14. The number of nitrogens with one attached hydrogen (secondary N) is 1. The molecule has 1 atom stereocenters. The molecule has 1 fully saturated rings. The maximum absolute atomic E-state index is 13.6. The lowest BCUT2D eigenvalue weighted by atomic mass is 10.1. The van der Waals surface area contributed by atoms with Gasteiger partial charge in [0.25, 0.3) is 0 Å². The molecule has 1 aliphatic rings. The van der Waals surface area contributed by atoms with Crippen molar-refractivity contribution in [2.75, 3.05) is 19.6 Å². The molecule has 1 aromatic rings. The summed E-state index contributed by atoms with van der Waals surface area (Å²) >= 11 is 0. The fourth-order valence-electron chi connectivity index (χ4n) is 2.59. The van der Waals surface area contributed by atoms with Crippen LogP contribution >= 0.6 is 0 Å². The summed E-state index contributed by atoms with van der Waals surface area (Å²) in [7, 11) is 0. The Morgan fingerprint density at radius 1 is 1.48 bits per heavy atom. The lowest BCUT2D eigenvalue weighted by Crippen LogP contribution is -2.37. The number of hydrogen-bond acceptors (Lipinski definition) is 2. The summed E-state index contributed by atoms with van der Waals surface area (Å²) in [4.78, 5) is 12.8. The smallest absolute Gasteiger partial charge is 0.210 e. The van der Waals surface area contributed by atoms with E-state index in [1.54, 1.807) is 11.0 Å². The first-order valence-corrected chi connectivity index (χ1v) is 7.13. The van der Waals surface area contributed by atoms with Crippen LogP contribution in [0.3, 0.4) is 0 Å². The van der Waals surface area contributed by atoms with Gasteiger partial charge in [-0.3, -0.25) is 4.79 Å². The Morgan fingerprint density at radius 2 is 2.29 bits per heavy atom. The Morgan fingerprint density at radius 3 is 2.90 bits per heavy atom. The Labute approximate surface area is 123 Å². The second-order valence-corrected chi connectivity index (χ2v) is 5.48. The zero-order valence-corrected chi connectivity index (χ0v) is 12.1. The van der Waals surface area contributed by atoms with Gasteiger partial charge in [0.15, 0.2) is 0 Å². The summed E-state index contributed by atoms with van der Waals surface area (Å²) in [6.07, 6.45) is 4.67. The van der Waals surface area contributed by atoms with Crippen molar-refractivity contribution in [2.24, 2.45) is 0 Å². The molecule has 1 saturated heterocycles. The average molecular weight is 294 g/mol. The highest BCUT2D eigenvalue weighted by atomic mass is 19.1. The molecule has 5 heteroatoms. The zero-order chi connectivity index (χ0) is 15.2. The minimum absolute atomic E-state index is 0.332. The molecule has 1 aromatic carbocycles. The van der Waals surface area contributed by atoms with Crippen molar-refractivity contribution in [3.8, 4) is 0 Å². The summed E-state index contributed by atoms with van der Waals surface area (Å²) in [5.41, 5.74) is 1.18. The Balaban J connectivity index is 1.98. The zero-order valence-electron chi connectivity index (χ0n) is 12.1. The summed E-state index contributed by atoms with van der Waals surface area (Å²) < 4.78 is 26.4. The van der Waals surface area contributed by atoms with Gasteiger partial charge in [-0.25, -0.2) is 8.78 Å². The molecule has 0 bridgehead atoms. The molecule has 2 rings (SSSR count). The van der Waals surface area contributed by atoms with Gasteiger partial charge >= 0.3 is 0 Å². The number of halogens is 2. The van der Waals surface area contributed by atoms with E-state index in [-0.39, 0.29) is 0 Å². The lowest BCUT2D eigenvalue weighted by molar-refractivity contribution is -0.118. The highest BCUT2D eigenvalue weighted by molar-refractivity contribution is 5.55. The second-order valence-electron chi connectivity index (χ2n) is 5.48. The van der Waals surface area contributed by atoms with Crippen LogP contribution in [0.15, 0.2) is 23.8 Å². The maximum Gasteiger partial charge on any atom is 0.210 e. The summed E-state index contributed by atoms with van der Waals surface area (Å²) in [6.45, 7) is 3.92. The molecule has 3 nitrogen and oxygen atoms in total. The van der Waals surface area contributed by atoms with Crippen LogP contribution < -0.4 is 5.32 Å². The lowest BCUT2D eigenvalue weighted by Gasteiger charge is -2.22. The van der Waals surface area contributed by atoms with Crippen LogP contribution in [-0.4, -0.2) is 37.0 Å². The molecule has 0 spiro atoms. The molecule has 1 amide bonds. The van der Waals surface area contributed by atoms with Gasteiger partial charge in [0.1, 0.15) is 11.6 Å². The third-order valence-corrected chi connectivity index (χ3v) is 3.58. The standard InChI is InChI=1S/C16H20F2N2O/c1-12(7-13-4-5-14(17)8-16(13)18)9-20(11-21)10-15-3-2-6-19-15/h4-5,7-8,11,15,19H,2-3,6,9-10H2,1H3/b12-7+/t15-/m0/s1. The highest BCUT2D eigenvalue weighted by Gasteiger charge is 2.17. The fourth-order valence-corrected chi connectivity index (χ4v) is 2.59. The Hall–Kier alpha value is -1.75. The molecule has 1 heterocycles. The van der Waals surface area contributed by atoms with Crippen molar-refractivity contribution < 1.29 is 13.6 Å². The van der Waals surface area contributed by atoms with Gasteiger partial charge in [-0.1, -0.05) is 11.6 Å². The SMILES string of the molecule is C/C(=C\c1ccc(F)cc1F)CN(C=O)C[C@@H]1CCCN1. The molecule has 21 heavy (non-hydrogen) atoms. The predicted molar refractivity (Wildman–Crippen MR) is 78.7 cm³/mol. The average Bonchev–Trinajstić information content (AvgIpc) is 2.94. The molecular weight excluding hydrogens is 274 g/mol. The van der Waals surface area contributed by atoms with Crippen LogP contribution in [-0.2, 0) is 4.79 Å². The molecular formula is C16H20F2N2O. The first-order valence-electron chi connectivity index (χ1n) is 7.13. The second kappa shape index (κ2) is 7.31. The van der Waals surface area contributed by atoms with Gasteiger partial charge in [-0.2, -0.15) is 0 Å². The van der Waals surface area contributed by atoms with Crippen LogP contribution in [0.4, 0.5) is 8.78 Å². The summed E-state index contributed by atoms with van der Waals surface area (Å²) in [5, 5.41) is 3.34. The van der Waals surface area contributed by atoms with Crippen molar-refractivity contribution in [3.63, 3.8) is 0 Å².